The lowest BCUT2D eigenvalue weighted by atomic mass is 10.2. The summed E-state index contributed by atoms with van der Waals surface area (Å²) >= 11 is 11.2. The van der Waals surface area contributed by atoms with Crippen LogP contribution in [0.25, 0.3) is 0 Å². The van der Waals surface area contributed by atoms with Gasteiger partial charge in [-0.3, -0.25) is 0 Å². The Morgan fingerprint density at radius 1 is 1.11 bits per heavy atom. The first-order valence-corrected chi connectivity index (χ1v) is 6.98. The highest BCUT2D eigenvalue weighted by Crippen LogP contribution is 2.29. The third-order valence-corrected chi connectivity index (χ3v) is 2.43. The van der Waals surface area contributed by atoms with Crippen LogP contribution in [-0.2, 0) is 4.74 Å². The Balaban J connectivity index is 2.89. The molecular weight excluding hydrogens is 291 g/mol. The third-order valence-electron chi connectivity index (χ3n) is 2.12. The number of rotatable bonds is 8. The van der Waals surface area contributed by atoms with Crippen LogP contribution in [0.15, 0.2) is 18.2 Å². The normalized spacial score (nSPS) is 10.1. The molecule has 1 aromatic rings. The molecular formula is C13H16Cl2O4. The lowest BCUT2D eigenvalue weighted by Crippen LogP contribution is -2.08. The van der Waals surface area contributed by atoms with Gasteiger partial charge in [0.15, 0.2) is 11.5 Å². The molecule has 19 heavy (non-hydrogen) atoms. The number of benzene rings is 1. The van der Waals surface area contributed by atoms with E-state index in [-0.39, 0.29) is 0 Å². The highest BCUT2D eigenvalue weighted by atomic mass is 35.5. The summed E-state index contributed by atoms with van der Waals surface area (Å²) in [5, 5.41) is 0. The molecule has 0 atom stereocenters. The lowest BCUT2D eigenvalue weighted by molar-refractivity contribution is 0.0526. The van der Waals surface area contributed by atoms with E-state index in [1.54, 1.807) is 25.1 Å². The van der Waals surface area contributed by atoms with Crippen molar-refractivity contribution in [3.8, 4) is 11.5 Å². The molecule has 0 saturated carbocycles. The van der Waals surface area contributed by atoms with Crippen LogP contribution in [0.2, 0.25) is 0 Å². The quantitative estimate of drug-likeness (QED) is 0.547. The molecule has 0 heterocycles. The number of halogens is 2. The highest BCUT2D eigenvalue weighted by Gasteiger charge is 2.12. The zero-order valence-electron chi connectivity index (χ0n) is 10.7. The molecule has 0 unspecified atom stereocenters. The van der Waals surface area contributed by atoms with Gasteiger partial charge >= 0.3 is 5.97 Å². The summed E-state index contributed by atoms with van der Waals surface area (Å²) in [6.45, 7) is 2.75. The molecule has 0 aliphatic rings. The third kappa shape index (κ3) is 5.17. The largest absolute Gasteiger partial charge is 0.488 e. The van der Waals surface area contributed by atoms with Crippen LogP contribution in [0.5, 0.6) is 11.5 Å². The molecule has 0 N–H and O–H groups in total. The van der Waals surface area contributed by atoms with Crippen molar-refractivity contribution >= 4 is 29.2 Å². The number of ether oxygens (including phenoxy) is 3. The van der Waals surface area contributed by atoms with Crippen LogP contribution in [0.1, 0.15) is 17.3 Å². The number of carbonyl (C=O) groups is 1. The maximum Gasteiger partial charge on any atom is 0.338 e. The SMILES string of the molecule is CCOC(=O)c1ccc(OCCCl)c(OCCCl)c1. The van der Waals surface area contributed by atoms with Crippen molar-refractivity contribution in [2.24, 2.45) is 0 Å². The Hall–Kier alpha value is -1.13. The standard InChI is InChI=1S/C13H16Cl2O4/c1-2-17-13(16)10-3-4-11(18-7-5-14)12(9-10)19-8-6-15/h3-4,9H,2,5-8H2,1H3. The van der Waals surface area contributed by atoms with E-state index in [0.717, 1.165) is 0 Å². The molecule has 0 fully saturated rings. The van der Waals surface area contributed by atoms with Gasteiger partial charge in [0.2, 0.25) is 0 Å². The van der Waals surface area contributed by atoms with E-state index in [4.69, 9.17) is 37.4 Å². The van der Waals surface area contributed by atoms with Crippen molar-refractivity contribution in [1.29, 1.82) is 0 Å². The van der Waals surface area contributed by atoms with E-state index >= 15 is 0 Å². The molecule has 0 amide bonds. The van der Waals surface area contributed by atoms with Crippen LogP contribution < -0.4 is 9.47 Å². The molecule has 6 heteroatoms. The summed E-state index contributed by atoms with van der Waals surface area (Å²) in [6.07, 6.45) is 0. The minimum Gasteiger partial charge on any atom is -0.488 e. The van der Waals surface area contributed by atoms with E-state index in [1.165, 1.54) is 0 Å². The highest BCUT2D eigenvalue weighted by molar-refractivity contribution is 6.18. The van der Waals surface area contributed by atoms with Crippen LogP contribution in [0, 0.1) is 0 Å². The zero-order valence-corrected chi connectivity index (χ0v) is 12.2. The van der Waals surface area contributed by atoms with Gasteiger partial charge in [0.25, 0.3) is 0 Å². The van der Waals surface area contributed by atoms with Crippen LogP contribution in [0.3, 0.4) is 0 Å². The molecule has 0 saturated heterocycles. The molecule has 0 aromatic heterocycles. The van der Waals surface area contributed by atoms with Gasteiger partial charge in [0.05, 0.1) is 23.9 Å². The smallest absolute Gasteiger partial charge is 0.338 e. The minimum absolute atomic E-state index is 0.321. The number of carbonyl (C=O) groups excluding carboxylic acids is 1. The topological polar surface area (TPSA) is 44.8 Å². The fraction of sp³-hybridized carbons (Fsp3) is 0.462. The number of hydrogen-bond donors (Lipinski definition) is 0. The van der Waals surface area contributed by atoms with Crippen LogP contribution in [-0.4, -0.2) is 37.5 Å². The van der Waals surface area contributed by atoms with Crippen molar-refractivity contribution < 1.29 is 19.0 Å². The molecule has 0 radical (unpaired) electrons. The molecule has 106 valence electrons. The van der Waals surface area contributed by atoms with Gasteiger partial charge in [0, 0.05) is 0 Å². The summed E-state index contributed by atoms with van der Waals surface area (Å²) in [6, 6.07) is 4.85. The van der Waals surface area contributed by atoms with Crippen molar-refractivity contribution in [3.05, 3.63) is 23.8 Å². The summed E-state index contributed by atoms with van der Waals surface area (Å²) < 4.78 is 15.8. The predicted molar refractivity (Wildman–Crippen MR) is 74.8 cm³/mol. The first-order valence-electron chi connectivity index (χ1n) is 5.91. The average Bonchev–Trinajstić information content (AvgIpc) is 2.43. The molecule has 0 spiro atoms. The number of esters is 1. The minimum atomic E-state index is -0.401. The van der Waals surface area contributed by atoms with E-state index in [2.05, 4.69) is 0 Å². The van der Waals surface area contributed by atoms with E-state index < -0.39 is 5.97 Å². The van der Waals surface area contributed by atoms with Gasteiger partial charge in [-0.15, -0.1) is 23.2 Å². The van der Waals surface area contributed by atoms with E-state index in [9.17, 15) is 4.79 Å². The summed E-state index contributed by atoms with van der Waals surface area (Å²) in [4.78, 5) is 11.6. The maximum absolute atomic E-state index is 11.6. The van der Waals surface area contributed by atoms with Gasteiger partial charge in [-0.1, -0.05) is 0 Å². The van der Waals surface area contributed by atoms with Crippen LogP contribution >= 0.6 is 23.2 Å². The fourth-order valence-corrected chi connectivity index (χ4v) is 1.53. The zero-order chi connectivity index (χ0) is 14.1. The fourth-order valence-electron chi connectivity index (χ4n) is 1.38. The Bertz CT molecular complexity index is 410. The molecule has 4 nitrogen and oxygen atoms in total. The van der Waals surface area contributed by atoms with Crippen molar-refractivity contribution in [2.75, 3.05) is 31.6 Å². The van der Waals surface area contributed by atoms with E-state index in [1.807, 2.05) is 0 Å². The second-order valence-electron chi connectivity index (χ2n) is 3.46. The Kier molecular flexibility index (Phi) is 7.45. The lowest BCUT2D eigenvalue weighted by Gasteiger charge is -2.12. The average molecular weight is 307 g/mol. The van der Waals surface area contributed by atoms with E-state index in [0.29, 0.717) is 48.6 Å². The van der Waals surface area contributed by atoms with Gasteiger partial charge in [0.1, 0.15) is 13.2 Å². The van der Waals surface area contributed by atoms with Gasteiger partial charge in [-0.2, -0.15) is 0 Å². The predicted octanol–water partition coefficient (Wildman–Crippen LogP) is 3.10. The summed E-state index contributed by atoms with van der Waals surface area (Å²) in [5.74, 6) is 1.30. The number of hydrogen-bond acceptors (Lipinski definition) is 4. The Morgan fingerprint density at radius 3 is 2.32 bits per heavy atom. The maximum atomic E-state index is 11.6. The van der Waals surface area contributed by atoms with Gasteiger partial charge < -0.3 is 14.2 Å². The summed E-state index contributed by atoms with van der Waals surface area (Å²) in [7, 11) is 0. The molecule has 0 aliphatic heterocycles. The Labute approximate surface area is 122 Å². The van der Waals surface area contributed by atoms with Gasteiger partial charge in [-0.25, -0.2) is 4.79 Å². The first kappa shape index (κ1) is 15.9. The second kappa shape index (κ2) is 8.88. The van der Waals surface area contributed by atoms with Crippen LogP contribution in [0.4, 0.5) is 0 Å². The monoisotopic (exact) mass is 306 g/mol. The van der Waals surface area contributed by atoms with Crippen molar-refractivity contribution in [2.45, 2.75) is 6.92 Å². The molecule has 0 bridgehead atoms. The van der Waals surface area contributed by atoms with Crippen molar-refractivity contribution in [3.63, 3.8) is 0 Å². The van der Waals surface area contributed by atoms with Crippen molar-refractivity contribution in [1.82, 2.24) is 0 Å². The molecule has 1 aromatic carbocycles. The second-order valence-corrected chi connectivity index (χ2v) is 4.21. The molecule has 0 aliphatic carbocycles. The first-order chi connectivity index (χ1) is 9.22. The Morgan fingerprint density at radius 2 is 1.74 bits per heavy atom. The number of alkyl halides is 2. The van der Waals surface area contributed by atoms with Gasteiger partial charge in [-0.05, 0) is 25.1 Å². The summed E-state index contributed by atoms with van der Waals surface area (Å²) in [5.41, 5.74) is 0.407. The molecule has 1 rings (SSSR count).